The molecule has 1 amide bonds. The Kier molecular flexibility index (Phi) is 6.41. The quantitative estimate of drug-likeness (QED) is 0.555. The molecule has 2 N–H and O–H groups in total. The fraction of sp³-hybridized carbons (Fsp3) is 0.250. The Labute approximate surface area is 174 Å². The third-order valence-corrected chi connectivity index (χ3v) is 7.03. The van der Waals surface area contributed by atoms with Crippen molar-refractivity contribution in [1.82, 2.24) is 14.9 Å². The first-order chi connectivity index (χ1) is 13.8. The van der Waals surface area contributed by atoms with E-state index in [2.05, 4.69) is 20.2 Å². The van der Waals surface area contributed by atoms with Crippen LogP contribution >= 0.6 is 11.3 Å². The molecular formula is C20H22N4O3S2. The number of carbonyl (C=O) groups excluding carboxylic acids is 1. The molecular weight excluding hydrogens is 408 g/mol. The summed E-state index contributed by atoms with van der Waals surface area (Å²) >= 11 is 0.811. The third-order valence-electron chi connectivity index (χ3n) is 4.36. The topological polar surface area (TPSA) is 101 Å². The van der Waals surface area contributed by atoms with E-state index in [1.807, 2.05) is 57.2 Å². The molecule has 0 fully saturated rings. The minimum Gasteiger partial charge on any atom is -0.296 e. The second-order valence-corrected chi connectivity index (χ2v) is 9.55. The standard InChI is InChI=1S/C20H22N4O3S2/c1-4-17(15-9-5-13(2)6-10-15)24-29(26,27)20-23-22-19(28-20)21-18(25)16-11-7-14(3)8-12-16/h5-12,17,24H,4H2,1-3H3,(H,21,22,25). The van der Waals surface area contributed by atoms with Gasteiger partial charge < -0.3 is 0 Å². The average molecular weight is 431 g/mol. The predicted molar refractivity (Wildman–Crippen MR) is 114 cm³/mol. The minimum absolute atomic E-state index is 0.124. The number of anilines is 1. The molecule has 7 nitrogen and oxygen atoms in total. The summed E-state index contributed by atoms with van der Waals surface area (Å²) in [4.78, 5) is 12.3. The Hall–Kier alpha value is -2.62. The molecule has 0 saturated heterocycles. The highest BCUT2D eigenvalue weighted by molar-refractivity contribution is 7.91. The molecule has 29 heavy (non-hydrogen) atoms. The number of nitrogens with zero attached hydrogens (tertiary/aromatic N) is 2. The lowest BCUT2D eigenvalue weighted by Gasteiger charge is -2.16. The van der Waals surface area contributed by atoms with E-state index in [0.29, 0.717) is 12.0 Å². The SMILES string of the molecule is CCC(NS(=O)(=O)c1nnc(NC(=O)c2ccc(C)cc2)s1)c1ccc(C)cc1. The Balaban J connectivity index is 1.73. The van der Waals surface area contributed by atoms with Gasteiger partial charge in [0.1, 0.15) is 0 Å². The maximum atomic E-state index is 12.7. The maximum Gasteiger partial charge on any atom is 0.270 e. The van der Waals surface area contributed by atoms with Gasteiger partial charge >= 0.3 is 0 Å². The Morgan fingerprint density at radius 1 is 1.00 bits per heavy atom. The fourth-order valence-electron chi connectivity index (χ4n) is 2.67. The highest BCUT2D eigenvalue weighted by atomic mass is 32.2. The summed E-state index contributed by atoms with van der Waals surface area (Å²) in [5.41, 5.74) is 3.47. The normalized spacial score (nSPS) is 12.5. The summed E-state index contributed by atoms with van der Waals surface area (Å²) in [5.74, 6) is -0.371. The van der Waals surface area contributed by atoms with E-state index in [0.717, 1.165) is 28.0 Å². The summed E-state index contributed by atoms with van der Waals surface area (Å²) in [6, 6.07) is 14.3. The zero-order valence-electron chi connectivity index (χ0n) is 16.3. The van der Waals surface area contributed by atoms with E-state index >= 15 is 0 Å². The van der Waals surface area contributed by atoms with Crippen LogP contribution in [0.4, 0.5) is 5.13 Å². The van der Waals surface area contributed by atoms with E-state index in [9.17, 15) is 13.2 Å². The van der Waals surface area contributed by atoms with Crippen molar-refractivity contribution in [2.24, 2.45) is 0 Å². The smallest absolute Gasteiger partial charge is 0.270 e. The van der Waals surface area contributed by atoms with Gasteiger partial charge in [-0.05, 0) is 38.0 Å². The second-order valence-electron chi connectivity index (χ2n) is 6.69. The summed E-state index contributed by atoms with van der Waals surface area (Å²) < 4.78 is 27.9. The summed E-state index contributed by atoms with van der Waals surface area (Å²) in [5, 5.41) is 10.3. The second kappa shape index (κ2) is 8.81. The lowest BCUT2D eigenvalue weighted by atomic mass is 10.0. The number of hydrogen-bond donors (Lipinski definition) is 2. The number of aromatic nitrogens is 2. The van der Waals surface area contributed by atoms with E-state index in [1.165, 1.54) is 0 Å². The monoisotopic (exact) mass is 430 g/mol. The number of nitrogens with one attached hydrogen (secondary N) is 2. The molecule has 0 aliphatic carbocycles. The van der Waals surface area contributed by atoms with Crippen molar-refractivity contribution in [3.05, 3.63) is 70.8 Å². The lowest BCUT2D eigenvalue weighted by molar-refractivity contribution is 0.102. The molecule has 0 bridgehead atoms. The zero-order chi connectivity index (χ0) is 21.0. The van der Waals surface area contributed by atoms with Gasteiger partial charge in [0.2, 0.25) is 9.47 Å². The summed E-state index contributed by atoms with van der Waals surface area (Å²) in [6.45, 7) is 5.81. The first-order valence-corrected chi connectivity index (χ1v) is 11.4. The third kappa shape index (κ3) is 5.26. The molecule has 1 aromatic heterocycles. The number of aryl methyl sites for hydroxylation is 2. The Bertz CT molecular complexity index is 1090. The first-order valence-electron chi connectivity index (χ1n) is 9.09. The molecule has 152 valence electrons. The van der Waals surface area contributed by atoms with Crippen LogP contribution in [0.25, 0.3) is 0 Å². The van der Waals surface area contributed by atoms with Gasteiger partial charge in [-0.3, -0.25) is 10.1 Å². The number of carbonyl (C=O) groups is 1. The number of amides is 1. The Morgan fingerprint density at radius 2 is 1.59 bits per heavy atom. The van der Waals surface area contributed by atoms with Crippen molar-refractivity contribution in [3.63, 3.8) is 0 Å². The maximum absolute atomic E-state index is 12.7. The van der Waals surface area contributed by atoms with Crippen LogP contribution in [0.3, 0.4) is 0 Å². The van der Waals surface area contributed by atoms with Gasteiger partial charge in [0.05, 0.1) is 0 Å². The molecule has 9 heteroatoms. The molecule has 0 spiro atoms. The molecule has 3 rings (SSSR count). The van der Waals surface area contributed by atoms with E-state index in [-0.39, 0.29) is 21.4 Å². The zero-order valence-corrected chi connectivity index (χ0v) is 18.0. The van der Waals surface area contributed by atoms with E-state index in [1.54, 1.807) is 12.1 Å². The molecule has 0 aliphatic heterocycles. The van der Waals surface area contributed by atoms with Gasteiger partial charge in [-0.1, -0.05) is 65.8 Å². The highest BCUT2D eigenvalue weighted by Crippen LogP contribution is 2.24. The van der Waals surface area contributed by atoms with Gasteiger partial charge in [-0.2, -0.15) is 0 Å². The lowest BCUT2D eigenvalue weighted by Crippen LogP contribution is -2.28. The largest absolute Gasteiger partial charge is 0.296 e. The Morgan fingerprint density at radius 3 is 2.17 bits per heavy atom. The molecule has 0 aliphatic rings. The molecule has 3 aromatic rings. The van der Waals surface area contributed by atoms with Crippen molar-refractivity contribution in [3.8, 4) is 0 Å². The van der Waals surface area contributed by atoms with Gasteiger partial charge in [0, 0.05) is 11.6 Å². The van der Waals surface area contributed by atoms with Crippen LogP contribution < -0.4 is 10.0 Å². The van der Waals surface area contributed by atoms with Crippen molar-refractivity contribution >= 4 is 32.4 Å². The number of benzene rings is 2. The van der Waals surface area contributed by atoms with Crippen molar-refractivity contribution in [2.45, 2.75) is 37.6 Å². The predicted octanol–water partition coefficient (Wildman–Crippen LogP) is 3.84. The van der Waals surface area contributed by atoms with Gasteiger partial charge in [0.25, 0.3) is 15.9 Å². The van der Waals surface area contributed by atoms with Crippen LogP contribution in [0.5, 0.6) is 0 Å². The van der Waals surface area contributed by atoms with Crippen LogP contribution in [0, 0.1) is 13.8 Å². The van der Waals surface area contributed by atoms with Crippen LogP contribution in [0.15, 0.2) is 52.9 Å². The van der Waals surface area contributed by atoms with Gasteiger partial charge in [-0.15, -0.1) is 10.2 Å². The number of sulfonamides is 1. The van der Waals surface area contributed by atoms with Crippen LogP contribution in [0.2, 0.25) is 0 Å². The highest BCUT2D eigenvalue weighted by Gasteiger charge is 2.25. The summed E-state index contributed by atoms with van der Waals surface area (Å²) in [7, 11) is -3.87. The fourth-order valence-corrected chi connectivity index (χ4v) is 4.89. The van der Waals surface area contributed by atoms with E-state index < -0.39 is 10.0 Å². The molecule has 1 heterocycles. The molecule has 2 aromatic carbocycles. The number of rotatable bonds is 7. The van der Waals surface area contributed by atoms with Gasteiger partial charge in [0.15, 0.2) is 0 Å². The molecule has 0 radical (unpaired) electrons. The molecule has 0 saturated carbocycles. The van der Waals surface area contributed by atoms with E-state index in [4.69, 9.17) is 0 Å². The first kappa shape index (κ1) is 21.1. The van der Waals surface area contributed by atoms with Crippen LogP contribution in [0.1, 0.15) is 46.4 Å². The minimum atomic E-state index is -3.87. The van der Waals surface area contributed by atoms with Gasteiger partial charge in [-0.25, -0.2) is 13.1 Å². The number of hydrogen-bond acceptors (Lipinski definition) is 6. The van der Waals surface area contributed by atoms with Crippen molar-refractivity contribution in [2.75, 3.05) is 5.32 Å². The summed E-state index contributed by atoms with van der Waals surface area (Å²) in [6.07, 6.45) is 0.581. The van der Waals surface area contributed by atoms with Crippen LogP contribution in [-0.2, 0) is 10.0 Å². The van der Waals surface area contributed by atoms with Crippen LogP contribution in [-0.4, -0.2) is 24.5 Å². The van der Waals surface area contributed by atoms with Crippen molar-refractivity contribution < 1.29 is 13.2 Å². The molecule has 1 atom stereocenters. The van der Waals surface area contributed by atoms with Crippen molar-refractivity contribution in [1.29, 1.82) is 0 Å². The average Bonchev–Trinajstić information content (AvgIpc) is 3.17. The molecule has 1 unspecified atom stereocenters.